The van der Waals surface area contributed by atoms with Crippen LogP contribution in [0.1, 0.15) is 11.4 Å². The molecule has 0 aliphatic carbocycles. The van der Waals surface area contributed by atoms with Crippen molar-refractivity contribution in [2.45, 2.75) is 18.4 Å². The Kier molecular flexibility index (Phi) is 4.75. The molecule has 0 amide bonds. The van der Waals surface area contributed by atoms with Crippen LogP contribution < -0.4 is 4.31 Å². The van der Waals surface area contributed by atoms with Crippen LogP contribution in [-0.4, -0.2) is 23.0 Å². The van der Waals surface area contributed by atoms with Gasteiger partial charge in [0.2, 0.25) is 0 Å². The number of hydrogen-bond acceptors (Lipinski definition) is 4. The van der Waals surface area contributed by atoms with Gasteiger partial charge in [0.1, 0.15) is 22.4 Å². The fourth-order valence-corrected chi connectivity index (χ4v) is 4.45. The molecule has 29 heavy (non-hydrogen) atoms. The molecule has 0 saturated carbocycles. The standard InChI is InChI=1S/C20H16F2N4O2S/c1-14-23-24-20-8-7-19(13-25(14)20)29(27,28)26(12-15-5-3-2-4-6-15)18-10-16(21)9-17(22)11-18/h2-11,13H,12H2,1H3. The third-order valence-electron chi connectivity index (χ3n) is 4.44. The highest BCUT2D eigenvalue weighted by Crippen LogP contribution is 2.28. The van der Waals surface area contributed by atoms with Gasteiger partial charge in [0.05, 0.1) is 12.2 Å². The lowest BCUT2D eigenvalue weighted by molar-refractivity contribution is 0.579. The van der Waals surface area contributed by atoms with Crippen molar-refractivity contribution >= 4 is 21.4 Å². The average Bonchev–Trinajstić information content (AvgIpc) is 3.06. The Balaban J connectivity index is 1.86. The molecule has 0 bridgehead atoms. The van der Waals surface area contributed by atoms with E-state index in [9.17, 15) is 17.2 Å². The molecule has 0 atom stereocenters. The van der Waals surface area contributed by atoms with Gasteiger partial charge in [-0.15, -0.1) is 10.2 Å². The first-order chi connectivity index (χ1) is 13.8. The van der Waals surface area contributed by atoms with Gasteiger partial charge >= 0.3 is 0 Å². The van der Waals surface area contributed by atoms with E-state index in [2.05, 4.69) is 10.2 Å². The second kappa shape index (κ2) is 7.25. The zero-order chi connectivity index (χ0) is 20.6. The summed E-state index contributed by atoms with van der Waals surface area (Å²) in [7, 11) is -4.15. The fourth-order valence-electron chi connectivity index (χ4n) is 3.01. The molecule has 6 nitrogen and oxygen atoms in total. The Morgan fingerprint density at radius 3 is 2.34 bits per heavy atom. The summed E-state index contributed by atoms with van der Waals surface area (Å²) in [5.74, 6) is -1.21. The van der Waals surface area contributed by atoms with Gasteiger partial charge in [-0.05, 0) is 36.8 Å². The lowest BCUT2D eigenvalue weighted by Crippen LogP contribution is -2.31. The maximum Gasteiger partial charge on any atom is 0.266 e. The maximum atomic E-state index is 13.9. The van der Waals surface area contributed by atoms with Gasteiger partial charge in [-0.1, -0.05) is 30.3 Å². The first-order valence-corrected chi connectivity index (χ1v) is 10.1. The van der Waals surface area contributed by atoms with Gasteiger partial charge in [-0.3, -0.25) is 8.71 Å². The molecule has 0 fully saturated rings. The number of aryl methyl sites for hydroxylation is 1. The van der Waals surface area contributed by atoms with Crippen LogP contribution in [0, 0.1) is 18.6 Å². The monoisotopic (exact) mass is 414 g/mol. The zero-order valence-corrected chi connectivity index (χ0v) is 16.1. The van der Waals surface area contributed by atoms with Crippen LogP contribution in [0.4, 0.5) is 14.5 Å². The number of aromatic nitrogens is 3. The Morgan fingerprint density at radius 2 is 1.66 bits per heavy atom. The lowest BCUT2D eigenvalue weighted by atomic mass is 10.2. The minimum Gasteiger partial charge on any atom is -0.285 e. The average molecular weight is 414 g/mol. The van der Waals surface area contributed by atoms with Crippen LogP contribution in [0.5, 0.6) is 0 Å². The van der Waals surface area contributed by atoms with E-state index in [-0.39, 0.29) is 17.1 Å². The Hall–Kier alpha value is -3.33. The maximum absolute atomic E-state index is 13.9. The van der Waals surface area contributed by atoms with E-state index in [1.165, 1.54) is 18.3 Å². The lowest BCUT2D eigenvalue weighted by Gasteiger charge is -2.25. The summed E-state index contributed by atoms with van der Waals surface area (Å²) in [4.78, 5) is -0.0477. The third kappa shape index (κ3) is 3.68. The summed E-state index contributed by atoms with van der Waals surface area (Å²) in [5, 5.41) is 7.86. The van der Waals surface area contributed by atoms with E-state index in [4.69, 9.17) is 0 Å². The highest BCUT2D eigenvalue weighted by atomic mass is 32.2. The van der Waals surface area contributed by atoms with Gasteiger partial charge < -0.3 is 0 Å². The van der Waals surface area contributed by atoms with Crippen LogP contribution in [0.15, 0.2) is 71.8 Å². The predicted molar refractivity (Wildman–Crippen MR) is 104 cm³/mol. The molecule has 2 heterocycles. The first-order valence-electron chi connectivity index (χ1n) is 8.69. The van der Waals surface area contributed by atoms with Crippen molar-refractivity contribution < 1.29 is 17.2 Å². The van der Waals surface area contributed by atoms with E-state index >= 15 is 0 Å². The molecule has 0 saturated heterocycles. The van der Waals surface area contributed by atoms with Crippen molar-refractivity contribution in [1.82, 2.24) is 14.6 Å². The van der Waals surface area contributed by atoms with Crippen molar-refractivity contribution in [3.05, 3.63) is 89.9 Å². The quantitative estimate of drug-likeness (QED) is 0.499. The molecule has 4 aromatic rings. The summed E-state index contributed by atoms with van der Waals surface area (Å²) in [5.41, 5.74) is 1.06. The molecule has 4 rings (SSSR count). The third-order valence-corrected chi connectivity index (χ3v) is 6.20. The number of nitrogens with zero attached hydrogens (tertiary/aromatic N) is 4. The molecule has 2 aromatic heterocycles. The number of anilines is 1. The second-order valence-corrected chi connectivity index (χ2v) is 8.33. The Bertz CT molecular complexity index is 1270. The SMILES string of the molecule is Cc1nnc2ccc(S(=O)(=O)N(Cc3ccccc3)c3cc(F)cc(F)c3)cn12. The van der Waals surface area contributed by atoms with Gasteiger partial charge in [0.15, 0.2) is 5.65 Å². The van der Waals surface area contributed by atoms with E-state index in [0.29, 0.717) is 23.1 Å². The van der Waals surface area contributed by atoms with Gasteiger partial charge in [-0.2, -0.15) is 0 Å². The summed E-state index contributed by atoms with van der Waals surface area (Å²) >= 11 is 0. The van der Waals surface area contributed by atoms with Crippen LogP contribution >= 0.6 is 0 Å². The van der Waals surface area contributed by atoms with Crippen LogP contribution in [0.3, 0.4) is 0 Å². The summed E-state index contributed by atoms with van der Waals surface area (Å²) in [6.07, 6.45) is 1.40. The van der Waals surface area contributed by atoms with Crippen molar-refractivity contribution in [2.75, 3.05) is 4.31 Å². The normalized spacial score (nSPS) is 11.7. The smallest absolute Gasteiger partial charge is 0.266 e. The molecule has 0 radical (unpaired) electrons. The number of rotatable bonds is 5. The Morgan fingerprint density at radius 1 is 0.966 bits per heavy atom. The van der Waals surface area contributed by atoms with E-state index in [1.807, 2.05) is 0 Å². The molecule has 2 aromatic carbocycles. The molecular weight excluding hydrogens is 398 g/mol. The van der Waals surface area contributed by atoms with E-state index in [0.717, 1.165) is 16.4 Å². The predicted octanol–water partition coefficient (Wildman–Crippen LogP) is 3.71. The number of sulfonamides is 1. The van der Waals surface area contributed by atoms with Crippen molar-refractivity contribution in [2.24, 2.45) is 0 Å². The van der Waals surface area contributed by atoms with Gasteiger partial charge in [0.25, 0.3) is 10.0 Å². The molecule has 9 heteroatoms. The minimum absolute atomic E-state index is 0.0477. The number of pyridine rings is 1. The molecule has 0 N–H and O–H groups in total. The molecule has 148 valence electrons. The van der Waals surface area contributed by atoms with E-state index in [1.54, 1.807) is 41.7 Å². The molecule has 0 aliphatic heterocycles. The molecule has 0 aliphatic rings. The van der Waals surface area contributed by atoms with Crippen molar-refractivity contribution in [1.29, 1.82) is 0 Å². The minimum atomic E-state index is -4.15. The molecule has 0 spiro atoms. The fraction of sp³-hybridized carbons (Fsp3) is 0.100. The summed E-state index contributed by atoms with van der Waals surface area (Å²) < 4.78 is 57.2. The van der Waals surface area contributed by atoms with Crippen molar-refractivity contribution in [3.8, 4) is 0 Å². The van der Waals surface area contributed by atoms with Crippen LogP contribution in [-0.2, 0) is 16.6 Å². The van der Waals surface area contributed by atoms with E-state index < -0.39 is 21.7 Å². The number of halogens is 2. The summed E-state index contributed by atoms with van der Waals surface area (Å²) in [6, 6.07) is 14.4. The highest BCUT2D eigenvalue weighted by Gasteiger charge is 2.27. The van der Waals surface area contributed by atoms with Gasteiger partial charge in [0, 0.05) is 12.3 Å². The molecular formula is C20H16F2N4O2S. The topological polar surface area (TPSA) is 67.6 Å². The molecule has 0 unspecified atom stereocenters. The van der Waals surface area contributed by atoms with Crippen molar-refractivity contribution in [3.63, 3.8) is 0 Å². The highest BCUT2D eigenvalue weighted by molar-refractivity contribution is 7.92. The Labute approximate surface area is 166 Å². The summed E-state index contributed by atoms with van der Waals surface area (Å²) in [6.45, 7) is 1.60. The van der Waals surface area contributed by atoms with Gasteiger partial charge in [-0.25, -0.2) is 17.2 Å². The zero-order valence-electron chi connectivity index (χ0n) is 15.3. The largest absolute Gasteiger partial charge is 0.285 e. The number of benzene rings is 2. The first kappa shape index (κ1) is 19.0. The number of fused-ring (bicyclic) bond motifs is 1. The second-order valence-electron chi connectivity index (χ2n) is 6.47. The van der Waals surface area contributed by atoms with Crippen LogP contribution in [0.2, 0.25) is 0 Å². The van der Waals surface area contributed by atoms with Crippen LogP contribution in [0.25, 0.3) is 5.65 Å². The number of hydrogen-bond donors (Lipinski definition) is 0.